The minimum Gasteiger partial charge on any atom is -0.462 e. The number of rotatable bonds is 27. The average molecular weight is 576 g/mol. The minimum atomic E-state index is -4.34. The number of nitrogens with two attached hydrogens (primary N) is 1. The molecule has 0 heterocycles. The molecule has 3 N–H and O–H groups in total. The van der Waals surface area contributed by atoms with E-state index < -0.39 is 32.5 Å². The monoisotopic (exact) mass is 575 g/mol. The van der Waals surface area contributed by atoms with Gasteiger partial charge in [0.2, 0.25) is 0 Å². The Kier molecular flexibility index (Phi) is 25.7. The molecule has 0 fully saturated rings. The summed E-state index contributed by atoms with van der Waals surface area (Å²) in [6.45, 7) is 3.07. The van der Waals surface area contributed by atoms with Crippen molar-refractivity contribution in [2.24, 2.45) is 5.73 Å². The fourth-order valence-electron chi connectivity index (χ4n) is 3.64. The summed E-state index contributed by atoms with van der Waals surface area (Å²) in [7, 11) is -4.34. The van der Waals surface area contributed by atoms with Crippen molar-refractivity contribution in [3.05, 3.63) is 24.3 Å². The van der Waals surface area contributed by atoms with E-state index in [2.05, 4.69) is 35.8 Å². The van der Waals surface area contributed by atoms with E-state index in [9.17, 15) is 19.0 Å². The molecule has 0 aromatic carbocycles. The quantitative estimate of drug-likeness (QED) is 0.0463. The lowest BCUT2D eigenvalue weighted by Gasteiger charge is -2.19. The highest BCUT2D eigenvalue weighted by Gasteiger charge is 2.25. The molecule has 0 bridgehead atoms. The van der Waals surface area contributed by atoms with Gasteiger partial charge in [-0.1, -0.05) is 89.5 Å². The molecule has 2 atom stereocenters. The Balaban J connectivity index is 3.93. The first-order valence-electron chi connectivity index (χ1n) is 14.8. The summed E-state index contributed by atoms with van der Waals surface area (Å²) >= 11 is 0. The van der Waals surface area contributed by atoms with Crippen molar-refractivity contribution in [3.8, 4) is 0 Å². The maximum Gasteiger partial charge on any atom is 0.472 e. The van der Waals surface area contributed by atoms with Gasteiger partial charge in [0.15, 0.2) is 6.10 Å². The van der Waals surface area contributed by atoms with Crippen molar-refractivity contribution in [1.29, 1.82) is 0 Å². The van der Waals surface area contributed by atoms with Gasteiger partial charge < -0.3 is 20.1 Å². The van der Waals surface area contributed by atoms with E-state index in [1.807, 2.05) is 0 Å². The average Bonchev–Trinajstić information content (AvgIpc) is 2.92. The summed E-state index contributed by atoms with van der Waals surface area (Å²) in [5.74, 6) is -0.941. The maximum atomic E-state index is 12.2. The van der Waals surface area contributed by atoms with Gasteiger partial charge in [0.1, 0.15) is 6.61 Å². The van der Waals surface area contributed by atoms with E-state index in [1.165, 1.54) is 51.4 Å². The summed E-state index contributed by atoms with van der Waals surface area (Å²) in [5, 5.41) is 0. The van der Waals surface area contributed by atoms with Gasteiger partial charge in [-0.25, -0.2) is 4.57 Å². The van der Waals surface area contributed by atoms with Crippen LogP contribution in [-0.2, 0) is 32.7 Å². The molecular weight excluding hydrogens is 521 g/mol. The van der Waals surface area contributed by atoms with Crippen LogP contribution in [0.3, 0.4) is 0 Å². The minimum absolute atomic E-state index is 0.0508. The number of carbonyl (C=O) groups excluding carboxylic acids is 2. The Morgan fingerprint density at radius 1 is 0.795 bits per heavy atom. The molecule has 0 aliphatic carbocycles. The number of ether oxygens (including phenoxy) is 2. The molecule has 0 aliphatic heterocycles. The van der Waals surface area contributed by atoms with Gasteiger partial charge in [0, 0.05) is 19.4 Å². The SMILES string of the molecule is CCCCCC/C=C\C/C=C\CCCCCCCCCC(=O)OC(COC(=O)CC)COP(=O)(O)OCCN. The van der Waals surface area contributed by atoms with E-state index in [0.717, 1.165) is 32.1 Å². The molecular formula is C29H54NO8P. The molecule has 2 unspecified atom stereocenters. The van der Waals surface area contributed by atoms with Crippen molar-refractivity contribution in [2.45, 2.75) is 123 Å². The highest BCUT2D eigenvalue weighted by atomic mass is 31.2. The molecule has 0 aliphatic rings. The Hall–Kier alpha value is -1.51. The summed E-state index contributed by atoms with van der Waals surface area (Å²) in [4.78, 5) is 33.3. The lowest BCUT2D eigenvalue weighted by atomic mass is 10.1. The summed E-state index contributed by atoms with van der Waals surface area (Å²) < 4.78 is 31.7. The zero-order valence-corrected chi connectivity index (χ0v) is 25.3. The third-order valence-corrected chi connectivity index (χ3v) is 6.88. The van der Waals surface area contributed by atoms with Crippen LogP contribution in [0.2, 0.25) is 0 Å². The number of phosphoric acid groups is 1. The highest BCUT2D eigenvalue weighted by Crippen LogP contribution is 2.43. The summed E-state index contributed by atoms with van der Waals surface area (Å²) in [5.41, 5.74) is 5.25. The third kappa shape index (κ3) is 26.5. The predicted molar refractivity (Wildman–Crippen MR) is 155 cm³/mol. The molecule has 39 heavy (non-hydrogen) atoms. The third-order valence-electron chi connectivity index (χ3n) is 5.89. The second kappa shape index (κ2) is 26.7. The second-order valence-electron chi connectivity index (χ2n) is 9.58. The number of hydrogen-bond acceptors (Lipinski definition) is 8. The number of hydrogen-bond donors (Lipinski definition) is 2. The standard InChI is InChI=1S/C29H54NO8P/c1-3-5-6-7-8-9-10-11-12-13-14-15-16-17-18-19-20-21-22-29(32)38-27(25-35-28(31)4-2)26-37-39(33,34)36-24-23-30/h9-10,12-13,27H,3-8,11,14-26,30H2,1-2H3,(H,33,34)/b10-9-,13-12-. The molecule has 0 aromatic heterocycles. The molecule has 0 amide bonds. The van der Waals surface area contributed by atoms with Crippen molar-refractivity contribution >= 4 is 19.8 Å². The normalized spacial score (nSPS) is 14.1. The van der Waals surface area contributed by atoms with Crippen LogP contribution in [0.5, 0.6) is 0 Å². The summed E-state index contributed by atoms with van der Waals surface area (Å²) in [6.07, 6.45) is 24.5. The van der Waals surface area contributed by atoms with Crippen LogP contribution in [0.25, 0.3) is 0 Å². The van der Waals surface area contributed by atoms with Gasteiger partial charge >= 0.3 is 19.8 Å². The van der Waals surface area contributed by atoms with Crippen molar-refractivity contribution in [1.82, 2.24) is 0 Å². The van der Waals surface area contributed by atoms with Gasteiger partial charge in [-0.2, -0.15) is 0 Å². The smallest absolute Gasteiger partial charge is 0.462 e. The van der Waals surface area contributed by atoms with E-state index in [4.69, 9.17) is 19.7 Å². The Labute approximate surface area is 236 Å². The van der Waals surface area contributed by atoms with Crippen LogP contribution in [-0.4, -0.2) is 49.3 Å². The Morgan fingerprint density at radius 3 is 1.97 bits per heavy atom. The van der Waals surface area contributed by atoms with Crippen molar-refractivity contribution < 1.29 is 37.6 Å². The Morgan fingerprint density at radius 2 is 1.38 bits per heavy atom. The molecule has 10 heteroatoms. The van der Waals surface area contributed by atoms with Gasteiger partial charge in [-0.05, 0) is 38.5 Å². The molecule has 0 saturated heterocycles. The lowest BCUT2D eigenvalue weighted by molar-refractivity contribution is -0.161. The maximum absolute atomic E-state index is 12.2. The van der Waals surface area contributed by atoms with Gasteiger partial charge in [-0.3, -0.25) is 18.6 Å². The van der Waals surface area contributed by atoms with E-state index in [-0.39, 0.29) is 32.6 Å². The van der Waals surface area contributed by atoms with E-state index in [0.29, 0.717) is 6.42 Å². The Bertz CT molecular complexity index is 713. The van der Waals surface area contributed by atoms with Gasteiger partial charge in [-0.15, -0.1) is 0 Å². The number of allylic oxidation sites excluding steroid dienone is 4. The molecule has 9 nitrogen and oxygen atoms in total. The topological polar surface area (TPSA) is 134 Å². The fraction of sp³-hybridized carbons (Fsp3) is 0.793. The molecule has 0 saturated carbocycles. The second-order valence-corrected chi connectivity index (χ2v) is 11.0. The first-order valence-corrected chi connectivity index (χ1v) is 16.3. The van der Waals surface area contributed by atoms with Crippen molar-refractivity contribution in [3.63, 3.8) is 0 Å². The number of esters is 2. The van der Waals surface area contributed by atoms with Crippen LogP contribution >= 0.6 is 7.82 Å². The zero-order valence-electron chi connectivity index (χ0n) is 24.4. The predicted octanol–water partition coefficient (Wildman–Crippen LogP) is 6.93. The highest BCUT2D eigenvalue weighted by molar-refractivity contribution is 7.47. The summed E-state index contributed by atoms with van der Waals surface area (Å²) in [6, 6.07) is 0. The first-order chi connectivity index (χ1) is 18.8. The number of phosphoric ester groups is 1. The van der Waals surface area contributed by atoms with Crippen LogP contribution < -0.4 is 5.73 Å². The van der Waals surface area contributed by atoms with Crippen molar-refractivity contribution in [2.75, 3.05) is 26.4 Å². The van der Waals surface area contributed by atoms with Gasteiger partial charge in [0.05, 0.1) is 13.2 Å². The molecule has 0 spiro atoms. The fourth-order valence-corrected chi connectivity index (χ4v) is 4.41. The lowest BCUT2D eigenvalue weighted by Crippen LogP contribution is -2.29. The number of carbonyl (C=O) groups is 2. The molecule has 228 valence electrons. The first kappa shape index (κ1) is 37.5. The van der Waals surface area contributed by atoms with E-state index >= 15 is 0 Å². The number of unbranched alkanes of at least 4 members (excludes halogenated alkanes) is 11. The van der Waals surface area contributed by atoms with Crippen LogP contribution in [0.1, 0.15) is 117 Å². The molecule has 0 radical (unpaired) electrons. The van der Waals surface area contributed by atoms with Crippen LogP contribution in [0, 0.1) is 0 Å². The zero-order chi connectivity index (χ0) is 29.0. The molecule has 0 rings (SSSR count). The van der Waals surface area contributed by atoms with Gasteiger partial charge in [0.25, 0.3) is 0 Å². The van der Waals surface area contributed by atoms with Crippen LogP contribution in [0.15, 0.2) is 24.3 Å². The van der Waals surface area contributed by atoms with Crippen LogP contribution in [0.4, 0.5) is 0 Å². The van der Waals surface area contributed by atoms with E-state index in [1.54, 1.807) is 6.92 Å². The largest absolute Gasteiger partial charge is 0.472 e. The molecule has 0 aromatic rings.